The zero-order chi connectivity index (χ0) is 13.3. The van der Waals surface area contributed by atoms with E-state index in [1.54, 1.807) is 0 Å². The molecule has 1 aliphatic heterocycles. The summed E-state index contributed by atoms with van der Waals surface area (Å²) >= 11 is 0. The summed E-state index contributed by atoms with van der Waals surface area (Å²) in [7, 11) is -4.46. The molecule has 1 unspecified atom stereocenters. The van der Waals surface area contributed by atoms with Crippen molar-refractivity contribution < 1.29 is 31.5 Å². The van der Waals surface area contributed by atoms with Crippen molar-refractivity contribution in [2.75, 3.05) is 18.8 Å². The molecule has 0 saturated carbocycles. The van der Waals surface area contributed by atoms with Crippen LogP contribution in [0.15, 0.2) is 0 Å². The first-order valence-electron chi connectivity index (χ1n) is 4.89. The summed E-state index contributed by atoms with van der Waals surface area (Å²) < 4.78 is 59.5. The predicted molar refractivity (Wildman–Crippen MR) is 51.8 cm³/mol. The van der Waals surface area contributed by atoms with E-state index in [2.05, 4.69) is 0 Å². The maximum atomic E-state index is 12.0. The number of rotatable bonds is 3. The van der Waals surface area contributed by atoms with Crippen LogP contribution in [0.2, 0.25) is 0 Å². The molecule has 100 valence electrons. The summed E-state index contributed by atoms with van der Waals surface area (Å²) in [5.74, 6) is -4.05. The molecule has 1 atom stereocenters. The fourth-order valence-corrected chi connectivity index (χ4v) is 3.11. The molecule has 0 spiro atoms. The minimum Gasteiger partial charge on any atom is -0.481 e. The minimum atomic E-state index is -4.81. The minimum absolute atomic E-state index is 0.0534. The van der Waals surface area contributed by atoms with Crippen molar-refractivity contribution in [3.8, 4) is 0 Å². The molecule has 9 heteroatoms. The smallest absolute Gasteiger partial charge is 0.404 e. The third-order valence-electron chi connectivity index (χ3n) is 2.47. The topological polar surface area (TPSA) is 74.7 Å². The van der Waals surface area contributed by atoms with Gasteiger partial charge in [-0.25, -0.2) is 12.7 Å². The number of alkyl halides is 3. The molecule has 1 heterocycles. The third kappa shape index (κ3) is 4.15. The van der Waals surface area contributed by atoms with Crippen LogP contribution in [0.1, 0.15) is 12.8 Å². The van der Waals surface area contributed by atoms with E-state index in [1.165, 1.54) is 0 Å². The van der Waals surface area contributed by atoms with Crippen molar-refractivity contribution >= 4 is 16.0 Å². The van der Waals surface area contributed by atoms with Crippen molar-refractivity contribution in [2.24, 2.45) is 5.92 Å². The number of piperidine rings is 1. The van der Waals surface area contributed by atoms with Gasteiger partial charge in [0, 0.05) is 13.1 Å². The predicted octanol–water partition coefficient (Wildman–Crippen LogP) is 0.675. The Morgan fingerprint density at radius 2 is 2.00 bits per heavy atom. The molecule has 0 aromatic carbocycles. The Bertz CT molecular complexity index is 392. The molecular weight excluding hydrogens is 263 g/mol. The molecule has 0 amide bonds. The molecular formula is C8H12F3NO4S. The number of sulfonamides is 1. The number of carbonyl (C=O) groups is 1. The quantitative estimate of drug-likeness (QED) is 0.821. The molecule has 0 radical (unpaired) electrons. The molecule has 0 aromatic rings. The lowest BCUT2D eigenvalue weighted by Crippen LogP contribution is -2.45. The average molecular weight is 275 g/mol. The van der Waals surface area contributed by atoms with Gasteiger partial charge in [0.25, 0.3) is 0 Å². The Morgan fingerprint density at radius 3 is 2.47 bits per heavy atom. The number of carboxylic acids is 1. The Morgan fingerprint density at radius 1 is 1.41 bits per heavy atom. The number of nitrogens with zero attached hydrogens (tertiary/aromatic N) is 1. The fourth-order valence-electron chi connectivity index (χ4n) is 1.69. The lowest BCUT2D eigenvalue weighted by Gasteiger charge is -2.30. The first kappa shape index (κ1) is 14.2. The van der Waals surface area contributed by atoms with Crippen LogP contribution in [-0.2, 0) is 14.8 Å². The van der Waals surface area contributed by atoms with Gasteiger partial charge in [-0.15, -0.1) is 0 Å². The van der Waals surface area contributed by atoms with E-state index in [1.807, 2.05) is 0 Å². The SMILES string of the molecule is O=C(O)C1CCCN(S(=O)(=O)CC(F)(F)F)C1. The third-order valence-corrected chi connectivity index (χ3v) is 4.28. The second-order valence-corrected chi connectivity index (χ2v) is 5.88. The molecule has 1 N–H and O–H groups in total. The lowest BCUT2D eigenvalue weighted by molar-refractivity contribution is -0.142. The van der Waals surface area contributed by atoms with E-state index in [4.69, 9.17) is 5.11 Å². The van der Waals surface area contributed by atoms with Crippen LogP contribution in [0.4, 0.5) is 13.2 Å². The maximum Gasteiger partial charge on any atom is 0.404 e. The van der Waals surface area contributed by atoms with Crippen LogP contribution in [0.5, 0.6) is 0 Å². The van der Waals surface area contributed by atoms with E-state index < -0.39 is 33.8 Å². The number of halogens is 3. The summed E-state index contributed by atoms with van der Waals surface area (Å²) in [5, 5.41) is 8.71. The summed E-state index contributed by atoms with van der Waals surface area (Å²) in [4.78, 5) is 10.7. The standard InChI is InChI=1S/C8H12F3NO4S/c9-8(10,11)5-17(15,16)12-3-1-2-6(4-12)7(13)14/h6H,1-5H2,(H,13,14). The molecule has 1 saturated heterocycles. The van der Waals surface area contributed by atoms with Crippen LogP contribution >= 0.6 is 0 Å². The first-order valence-corrected chi connectivity index (χ1v) is 6.50. The zero-order valence-electron chi connectivity index (χ0n) is 8.77. The molecule has 17 heavy (non-hydrogen) atoms. The van der Waals surface area contributed by atoms with E-state index in [0.29, 0.717) is 4.31 Å². The van der Waals surface area contributed by atoms with Crippen LogP contribution < -0.4 is 0 Å². The van der Waals surface area contributed by atoms with E-state index >= 15 is 0 Å². The van der Waals surface area contributed by atoms with Gasteiger partial charge in [0.2, 0.25) is 10.0 Å². The van der Waals surface area contributed by atoms with Crippen LogP contribution in [0.3, 0.4) is 0 Å². The Kier molecular flexibility index (Phi) is 4.03. The van der Waals surface area contributed by atoms with Crippen molar-refractivity contribution in [1.29, 1.82) is 0 Å². The summed E-state index contributed by atoms with van der Waals surface area (Å²) in [6.45, 7) is -0.435. The number of hydrogen-bond donors (Lipinski definition) is 1. The first-order chi connectivity index (χ1) is 7.62. The van der Waals surface area contributed by atoms with Crippen molar-refractivity contribution in [3.05, 3.63) is 0 Å². The summed E-state index contributed by atoms with van der Waals surface area (Å²) in [5.41, 5.74) is 0. The molecule has 1 fully saturated rings. The second-order valence-electron chi connectivity index (χ2n) is 3.91. The Balaban J connectivity index is 2.75. The van der Waals surface area contributed by atoms with Gasteiger partial charge in [-0.3, -0.25) is 4.79 Å². The van der Waals surface area contributed by atoms with Crippen molar-refractivity contribution in [2.45, 2.75) is 19.0 Å². The number of carboxylic acid groups (broad SMARTS) is 1. The van der Waals surface area contributed by atoms with Crippen LogP contribution in [0.25, 0.3) is 0 Å². The molecule has 0 aromatic heterocycles. The zero-order valence-corrected chi connectivity index (χ0v) is 9.59. The normalized spacial score (nSPS) is 23.6. The number of aliphatic carboxylic acids is 1. The maximum absolute atomic E-state index is 12.0. The second kappa shape index (κ2) is 4.81. The van der Waals surface area contributed by atoms with Gasteiger partial charge >= 0.3 is 12.1 Å². The van der Waals surface area contributed by atoms with Crippen molar-refractivity contribution in [3.63, 3.8) is 0 Å². The Labute approximate surface area is 96.3 Å². The van der Waals surface area contributed by atoms with Crippen LogP contribution in [-0.4, -0.2) is 48.8 Å². The van der Waals surface area contributed by atoms with E-state index in [9.17, 15) is 26.4 Å². The average Bonchev–Trinajstić information content (AvgIpc) is 2.14. The molecule has 1 aliphatic rings. The highest BCUT2D eigenvalue weighted by atomic mass is 32.2. The number of hydrogen-bond acceptors (Lipinski definition) is 3. The highest BCUT2D eigenvalue weighted by molar-refractivity contribution is 7.89. The van der Waals surface area contributed by atoms with Crippen LogP contribution in [0, 0.1) is 5.92 Å². The summed E-state index contributed by atoms with van der Waals surface area (Å²) in [6.07, 6.45) is -4.27. The van der Waals surface area contributed by atoms with Gasteiger partial charge in [0.1, 0.15) is 0 Å². The highest BCUT2D eigenvalue weighted by Gasteiger charge is 2.40. The van der Waals surface area contributed by atoms with Gasteiger partial charge in [0.05, 0.1) is 5.92 Å². The highest BCUT2D eigenvalue weighted by Crippen LogP contribution is 2.24. The largest absolute Gasteiger partial charge is 0.481 e. The van der Waals surface area contributed by atoms with Gasteiger partial charge in [-0.2, -0.15) is 13.2 Å². The molecule has 0 aliphatic carbocycles. The molecule has 0 bridgehead atoms. The molecule has 5 nitrogen and oxygen atoms in total. The van der Waals surface area contributed by atoms with Gasteiger partial charge in [-0.1, -0.05) is 0 Å². The monoisotopic (exact) mass is 275 g/mol. The van der Waals surface area contributed by atoms with Gasteiger partial charge < -0.3 is 5.11 Å². The fraction of sp³-hybridized carbons (Fsp3) is 0.875. The molecule has 1 rings (SSSR count). The summed E-state index contributed by atoms with van der Waals surface area (Å²) in [6, 6.07) is 0. The van der Waals surface area contributed by atoms with Gasteiger partial charge in [0.15, 0.2) is 5.75 Å². The van der Waals surface area contributed by atoms with E-state index in [-0.39, 0.29) is 25.9 Å². The van der Waals surface area contributed by atoms with Gasteiger partial charge in [-0.05, 0) is 12.8 Å². The Hall–Kier alpha value is -0.830. The lowest BCUT2D eigenvalue weighted by atomic mass is 10.0. The van der Waals surface area contributed by atoms with E-state index in [0.717, 1.165) is 0 Å². The van der Waals surface area contributed by atoms with Crippen molar-refractivity contribution in [1.82, 2.24) is 4.31 Å².